The van der Waals surface area contributed by atoms with Crippen LogP contribution in [0.15, 0.2) is 142 Å². The summed E-state index contributed by atoms with van der Waals surface area (Å²) in [7, 11) is 6.77. The predicted molar refractivity (Wildman–Crippen MR) is 242 cm³/mol. The van der Waals surface area contributed by atoms with Crippen LogP contribution in [-0.4, -0.2) is 100 Å². The molecule has 0 aliphatic carbocycles. The van der Waals surface area contributed by atoms with Crippen LogP contribution in [0, 0.1) is 0 Å². The second-order valence-corrected chi connectivity index (χ2v) is 16.0. The molecular weight excluding hydrogens is 827 g/mol. The first kappa shape index (κ1) is 43.2. The highest BCUT2D eigenvalue weighted by atomic mass is 16.2. The maximum absolute atomic E-state index is 13.5. The van der Waals surface area contributed by atoms with Crippen molar-refractivity contribution in [1.82, 2.24) is 54.2 Å². The van der Waals surface area contributed by atoms with Gasteiger partial charge in [0.05, 0.1) is 36.6 Å². The number of benzene rings is 5. The summed E-state index contributed by atoms with van der Waals surface area (Å²) in [6.45, 7) is 1.25. The van der Waals surface area contributed by atoms with Gasteiger partial charge in [-0.05, 0) is 88.5 Å². The van der Waals surface area contributed by atoms with Crippen LogP contribution in [0.25, 0.3) is 21.7 Å². The van der Waals surface area contributed by atoms with Crippen LogP contribution in [0.4, 0.5) is 0 Å². The summed E-state index contributed by atoms with van der Waals surface area (Å²) in [4.78, 5) is 82.3. The minimum absolute atomic E-state index is 0.111. The summed E-state index contributed by atoms with van der Waals surface area (Å²) in [5.74, 6) is -0.509. The number of hydrogen-bond acceptors (Lipinski definition) is 11. The predicted octanol–water partition coefficient (Wildman–Crippen LogP) is 3.84. The number of fused-ring (bicyclic) bond motifs is 2. The summed E-state index contributed by atoms with van der Waals surface area (Å²) in [5.41, 5.74) is 5.08. The number of amides is 3. The highest BCUT2D eigenvalue weighted by Gasteiger charge is 2.17. The van der Waals surface area contributed by atoms with Gasteiger partial charge in [0.1, 0.15) is 18.0 Å². The van der Waals surface area contributed by atoms with E-state index in [1.807, 2.05) is 12.1 Å². The van der Waals surface area contributed by atoms with E-state index in [0.29, 0.717) is 51.5 Å². The van der Waals surface area contributed by atoms with Crippen molar-refractivity contribution in [2.75, 3.05) is 28.2 Å². The molecule has 0 radical (unpaired) electrons. The molecule has 0 saturated carbocycles. The Morgan fingerprint density at radius 2 is 1.02 bits per heavy atom. The average Bonchev–Trinajstić information content (AvgIpc) is 3.31. The molecule has 0 saturated heterocycles. The highest BCUT2D eigenvalue weighted by Crippen LogP contribution is 2.18. The molecule has 8 aromatic rings. The average molecular weight is 870 g/mol. The third-order valence-corrected chi connectivity index (χ3v) is 11.0. The summed E-state index contributed by atoms with van der Waals surface area (Å²) >= 11 is 0. The number of nitrogens with zero attached hydrogens (tertiary/aromatic N) is 11. The fourth-order valence-electron chi connectivity index (χ4n) is 7.39. The van der Waals surface area contributed by atoms with Crippen molar-refractivity contribution in [2.45, 2.75) is 32.7 Å². The fourth-order valence-corrected chi connectivity index (χ4v) is 7.39. The van der Waals surface area contributed by atoms with Crippen LogP contribution in [-0.2, 0) is 32.7 Å². The van der Waals surface area contributed by atoms with Crippen LogP contribution < -0.4 is 16.7 Å². The van der Waals surface area contributed by atoms with E-state index in [1.165, 1.54) is 25.2 Å². The van der Waals surface area contributed by atoms with E-state index in [2.05, 4.69) is 25.6 Å². The van der Waals surface area contributed by atoms with E-state index < -0.39 is 0 Å². The first-order valence-corrected chi connectivity index (χ1v) is 20.5. The monoisotopic (exact) mass is 869 g/mol. The number of aromatic nitrogens is 8. The molecule has 17 nitrogen and oxygen atoms in total. The molecule has 0 bridgehead atoms. The topological polar surface area (TPSA) is 191 Å². The molecule has 65 heavy (non-hydrogen) atoms. The van der Waals surface area contributed by atoms with E-state index in [1.54, 1.807) is 141 Å². The van der Waals surface area contributed by atoms with Crippen molar-refractivity contribution in [3.05, 3.63) is 203 Å². The molecule has 17 heteroatoms. The molecule has 5 aromatic carbocycles. The lowest BCUT2D eigenvalue weighted by atomic mass is 10.1. The number of rotatable bonds is 13. The van der Waals surface area contributed by atoms with Gasteiger partial charge in [-0.1, -0.05) is 53.7 Å². The van der Waals surface area contributed by atoms with Gasteiger partial charge in [0.2, 0.25) is 0 Å². The first-order chi connectivity index (χ1) is 31.3. The smallest absolute Gasteiger partial charge is 0.277 e. The van der Waals surface area contributed by atoms with E-state index in [0.717, 1.165) is 34.0 Å². The van der Waals surface area contributed by atoms with Crippen molar-refractivity contribution in [1.29, 1.82) is 0 Å². The van der Waals surface area contributed by atoms with Gasteiger partial charge < -0.3 is 14.7 Å². The van der Waals surface area contributed by atoms with E-state index >= 15 is 0 Å². The normalized spacial score (nSPS) is 11.1. The Kier molecular flexibility index (Phi) is 12.3. The van der Waals surface area contributed by atoms with E-state index in [9.17, 15) is 28.8 Å². The molecule has 3 aromatic heterocycles. The van der Waals surface area contributed by atoms with Crippen molar-refractivity contribution < 1.29 is 14.4 Å². The Labute approximate surface area is 371 Å². The molecule has 0 aliphatic heterocycles. The van der Waals surface area contributed by atoms with Gasteiger partial charge in [-0.15, -0.1) is 10.2 Å². The minimum Gasteiger partial charge on any atom is -0.345 e. The summed E-state index contributed by atoms with van der Waals surface area (Å²) < 4.78 is 4.08. The molecule has 0 unspecified atom stereocenters. The lowest BCUT2D eigenvalue weighted by molar-refractivity contribution is 0.0778. The molecule has 3 amide bonds. The number of carbonyl (C=O) groups excluding carboxylic acids is 3. The van der Waals surface area contributed by atoms with Crippen LogP contribution in [0.3, 0.4) is 0 Å². The molecule has 0 atom stereocenters. The third-order valence-electron chi connectivity index (χ3n) is 11.0. The van der Waals surface area contributed by atoms with Crippen LogP contribution in [0.5, 0.6) is 0 Å². The largest absolute Gasteiger partial charge is 0.345 e. The molecule has 326 valence electrons. The molecule has 3 heterocycles. The van der Waals surface area contributed by atoms with Gasteiger partial charge in [0, 0.05) is 63.4 Å². The van der Waals surface area contributed by atoms with Crippen LogP contribution in [0.2, 0.25) is 0 Å². The molecule has 0 spiro atoms. The van der Waals surface area contributed by atoms with Crippen LogP contribution >= 0.6 is 0 Å². The summed E-state index contributed by atoms with van der Waals surface area (Å²) in [6.07, 6.45) is 4.14. The highest BCUT2D eigenvalue weighted by molar-refractivity contribution is 5.95. The quantitative estimate of drug-likeness (QED) is 0.164. The Morgan fingerprint density at radius 3 is 1.58 bits per heavy atom. The molecule has 0 fully saturated rings. The van der Waals surface area contributed by atoms with Gasteiger partial charge in [0.25, 0.3) is 34.4 Å². The van der Waals surface area contributed by atoms with Crippen molar-refractivity contribution >= 4 is 39.4 Å². The van der Waals surface area contributed by atoms with Crippen LogP contribution in [0.1, 0.15) is 58.9 Å². The van der Waals surface area contributed by atoms with Gasteiger partial charge in [-0.2, -0.15) is 10.2 Å². The lowest BCUT2D eigenvalue weighted by Crippen LogP contribution is -2.27. The zero-order chi connectivity index (χ0) is 45.8. The van der Waals surface area contributed by atoms with E-state index in [-0.39, 0.29) is 54.0 Å². The van der Waals surface area contributed by atoms with Gasteiger partial charge >= 0.3 is 0 Å². The number of hydrogen-bond donors (Lipinski definition) is 0. The molecule has 8 rings (SSSR count). The van der Waals surface area contributed by atoms with Gasteiger partial charge in [0.15, 0.2) is 0 Å². The third kappa shape index (κ3) is 9.63. The maximum atomic E-state index is 13.5. The lowest BCUT2D eigenvalue weighted by Gasteiger charge is -2.18. The van der Waals surface area contributed by atoms with Crippen molar-refractivity contribution in [3.8, 4) is 0 Å². The standard InChI is InChI=1S/C48H43N11O6/c1-54(2)44(61)36-13-7-33(8-14-36)29-59-48(65)41-20-12-35(22-42(41)52-53-59)26-56(4)46(63)38-17-9-32(10-18-38)28-58-47(64)40-19-11-34(21-39(40)23-51-58)25-55(3)45(62)37-15-5-31(6-16-37)27-57-30-50-49-24-43(57)60/h5-24,30H,25-29H2,1-4H3. The summed E-state index contributed by atoms with van der Waals surface area (Å²) in [6, 6.07) is 31.7. The van der Waals surface area contributed by atoms with Crippen molar-refractivity contribution in [2.24, 2.45) is 0 Å². The zero-order valence-electron chi connectivity index (χ0n) is 36.0. The Hall–Kier alpha value is -8.47. The maximum Gasteiger partial charge on any atom is 0.277 e. The molecule has 0 aliphatic rings. The SMILES string of the molecule is CN(C)C(=O)c1ccc(Cn2nnc3cc(CN(C)C(=O)c4ccc(Cn5ncc6cc(CN(C)C(=O)c7ccc(Cn8cnncc8=O)cc7)ccc6c5=O)cc4)ccc3c2=O)cc1. The fraction of sp³-hybridized carbons (Fsp3) is 0.188. The second kappa shape index (κ2) is 18.5. The minimum atomic E-state index is -0.304. The Morgan fingerprint density at radius 1 is 0.523 bits per heavy atom. The second-order valence-electron chi connectivity index (χ2n) is 16.0. The van der Waals surface area contributed by atoms with Crippen molar-refractivity contribution in [3.63, 3.8) is 0 Å². The van der Waals surface area contributed by atoms with Gasteiger partial charge in [-0.25, -0.2) is 9.36 Å². The summed E-state index contributed by atoms with van der Waals surface area (Å²) in [5, 5.41) is 21.7. The Balaban J connectivity index is 0.861. The molecular formula is C48H43N11O6. The first-order valence-electron chi connectivity index (χ1n) is 20.5. The zero-order valence-corrected chi connectivity index (χ0v) is 36.0. The Bertz CT molecular complexity index is 3270. The van der Waals surface area contributed by atoms with E-state index in [4.69, 9.17) is 0 Å². The molecule has 0 N–H and O–H groups in total. The van der Waals surface area contributed by atoms with Gasteiger partial charge in [-0.3, -0.25) is 33.3 Å². The number of carbonyl (C=O) groups is 3.